The molecule has 1 rings (SSSR count). The molecule has 0 spiro atoms. The Balaban J connectivity index is 3.10. The number of hydrogen-bond donors (Lipinski definition) is 1. The third kappa shape index (κ3) is 4.46. The second kappa shape index (κ2) is 7.80. The summed E-state index contributed by atoms with van der Waals surface area (Å²) in [5, 5.41) is 9.04. The number of aliphatic carboxylic acids is 1. The minimum atomic E-state index is -1.02. The molecular weight excluding hydrogens is 280 g/mol. The lowest BCUT2D eigenvalue weighted by Gasteiger charge is -2.19. The van der Waals surface area contributed by atoms with Crippen molar-refractivity contribution in [2.75, 3.05) is 7.11 Å². The van der Waals surface area contributed by atoms with Crippen LogP contribution in [0.2, 0.25) is 5.02 Å². The zero-order chi connectivity index (χ0) is 15.1. The van der Waals surface area contributed by atoms with Gasteiger partial charge in [-0.3, -0.25) is 0 Å². The highest BCUT2D eigenvalue weighted by Gasteiger charge is 2.15. The average Bonchev–Trinajstić information content (AvgIpc) is 2.43. The summed E-state index contributed by atoms with van der Waals surface area (Å²) < 4.78 is 11.1. The maximum atomic E-state index is 10.5. The van der Waals surface area contributed by atoms with Crippen molar-refractivity contribution in [1.82, 2.24) is 0 Å². The Morgan fingerprint density at radius 1 is 1.40 bits per heavy atom. The second-order valence-electron chi connectivity index (χ2n) is 4.26. The summed E-state index contributed by atoms with van der Waals surface area (Å²) >= 11 is 6.20. The lowest BCUT2D eigenvalue weighted by Crippen LogP contribution is -2.14. The number of hydrogen-bond acceptors (Lipinski definition) is 3. The summed E-state index contributed by atoms with van der Waals surface area (Å²) in [4.78, 5) is 10.5. The standard InChI is InChI=1S/C15H19ClO4/c1-4-11(5-2)20-15-12(16)8-10(6-7-14(17)18)9-13(15)19-3/h6-9,11H,4-5H2,1-3H3,(H,17,18)/b7-6+. The van der Waals surface area contributed by atoms with E-state index >= 15 is 0 Å². The first kappa shape index (κ1) is 16.4. The van der Waals surface area contributed by atoms with E-state index in [-0.39, 0.29) is 6.10 Å². The Labute approximate surface area is 124 Å². The van der Waals surface area contributed by atoms with Crippen LogP contribution < -0.4 is 9.47 Å². The van der Waals surface area contributed by atoms with E-state index in [0.29, 0.717) is 22.1 Å². The van der Waals surface area contributed by atoms with Gasteiger partial charge in [0.25, 0.3) is 0 Å². The molecule has 0 heterocycles. The van der Waals surface area contributed by atoms with E-state index in [9.17, 15) is 4.79 Å². The zero-order valence-corrected chi connectivity index (χ0v) is 12.6. The monoisotopic (exact) mass is 298 g/mol. The van der Waals surface area contributed by atoms with Gasteiger partial charge in [0.2, 0.25) is 0 Å². The van der Waals surface area contributed by atoms with Crippen LogP contribution in [0.15, 0.2) is 18.2 Å². The third-order valence-corrected chi connectivity index (χ3v) is 3.15. The molecule has 1 aromatic carbocycles. The Morgan fingerprint density at radius 3 is 2.55 bits per heavy atom. The third-order valence-electron chi connectivity index (χ3n) is 2.87. The Kier molecular flexibility index (Phi) is 6.39. The topological polar surface area (TPSA) is 55.8 Å². The first-order valence-electron chi connectivity index (χ1n) is 6.47. The zero-order valence-electron chi connectivity index (χ0n) is 11.9. The molecule has 20 heavy (non-hydrogen) atoms. The number of ether oxygens (including phenoxy) is 2. The molecule has 0 aliphatic rings. The quantitative estimate of drug-likeness (QED) is 0.773. The van der Waals surface area contributed by atoms with E-state index in [4.69, 9.17) is 26.2 Å². The number of carboxylic acid groups (broad SMARTS) is 1. The molecule has 5 heteroatoms. The van der Waals surface area contributed by atoms with Gasteiger partial charge in [0.1, 0.15) is 0 Å². The molecular formula is C15H19ClO4. The van der Waals surface area contributed by atoms with Gasteiger partial charge in [-0.2, -0.15) is 0 Å². The van der Waals surface area contributed by atoms with Crippen molar-refractivity contribution >= 4 is 23.6 Å². The van der Waals surface area contributed by atoms with Crippen LogP contribution in [-0.4, -0.2) is 24.3 Å². The lowest BCUT2D eigenvalue weighted by atomic mass is 10.1. The highest BCUT2D eigenvalue weighted by atomic mass is 35.5. The maximum Gasteiger partial charge on any atom is 0.328 e. The van der Waals surface area contributed by atoms with Crippen LogP contribution >= 0.6 is 11.6 Å². The summed E-state index contributed by atoms with van der Waals surface area (Å²) in [7, 11) is 1.52. The van der Waals surface area contributed by atoms with E-state index in [1.807, 2.05) is 13.8 Å². The second-order valence-corrected chi connectivity index (χ2v) is 4.67. The molecule has 0 aliphatic carbocycles. The van der Waals surface area contributed by atoms with Gasteiger partial charge < -0.3 is 14.6 Å². The highest BCUT2D eigenvalue weighted by molar-refractivity contribution is 6.32. The summed E-state index contributed by atoms with van der Waals surface area (Å²) in [6.45, 7) is 4.08. The van der Waals surface area contributed by atoms with E-state index < -0.39 is 5.97 Å². The molecule has 0 saturated heterocycles. The van der Waals surface area contributed by atoms with Crippen LogP contribution in [0.4, 0.5) is 0 Å². The fraction of sp³-hybridized carbons (Fsp3) is 0.400. The van der Waals surface area contributed by atoms with Crippen molar-refractivity contribution in [3.63, 3.8) is 0 Å². The molecule has 0 fully saturated rings. The molecule has 1 aromatic rings. The van der Waals surface area contributed by atoms with Crippen molar-refractivity contribution in [3.05, 3.63) is 28.8 Å². The van der Waals surface area contributed by atoms with Crippen LogP contribution in [0.3, 0.4) is 0 Å². The minimum absolute atomic E-state index is 0.0711. The van der Waals surface area contributed by atoms with Crippen LogP contribution in [-0.2, 0) is 4.79 Å². The van der Waals surface area contributed by atoms with E-state index in [2.05, 4.69) is 0 Å². The number of benzene rings is 1. The fourth-order valence-corrected chi connectivity index (χ4v) is 2.00. The van der Waals surface area contributed by atoms with E-state index in [0.717, 1.165) is 18.9 Å². The van der Waals surface area contributed by atoms with Crippen molar-refractivity contribution < 1.29 is 19.4 Å². The van der Waals surface area contributed by atoms with Crippen LogP contribution in [0.25, 0.3) is 6.08 Å². The number of halogens is 1. The predicted molar refractivity (Wildman–Crippen MR) is 79.7 cm³/mol. The van der Waals surface area contributed by atoms with Gasteiger partial charge in [0, 0.05) is 6.08 Å². The van der Waals surface area contributed by atoms with Crippen LogP contribution in [0, 0.1) is 0 Å². The minimum Gasteiger partial charge on any atom is -0.493 e. The summed E-state index contributed by atoms with van der Waals surface area (Å²) in [6.07, 6.45) is 4.32. The number of carboxylic acids is 1. The predicted octanol–water partition coefficient (Wildman–Crippen LogP) is 4.01. The summed E-state index contributed by atoms with van der Waals surface area (Å²) in [5.41, 5.74) is 0.645. The van der Waals surface area contributed by atoms with E-state index in [1.165, 1.54) is 13.2 Å². The molecule has 0 atom stereocenters. The first-order chi connectivity index (χ1) is 9.51. The normalized spacial score (nSPS) is 11.1. The van der Waals surface area contributed by atoms with Gasteiger partial charge in [-0.1, -0.05) is 25.4 Å². The maximum absolute atomic E-state index is 10.5. The number of carbonyl (C=O) groups is 1. The molecule has 1 N–H and O–H groups in total. The molecule has 0 aromatic heterocycles. The van der Waals surface area contributed by atoms with Crippen molar-refractivity contribution in [2.24, 2.45) is 0 Å². The Morgan fingerprint density at radius 2 is 2.05 bits per heavy atom. The SMILES string of the molecule is CCC(CC)Oc1c(Cl)cc(/C=C/C(=O)O)cc1OC. The number of methoxy groups -OCH3 is 1. The van der Waals surface area contributed by atoms with Gasteiger partial charge in [0.15, 0.2) is 11.5 Å². The molecule has 0 radical (unpaired) electrons. The Bertz CT molecular complexity index is 493. The van der Waals surface area contributed by atoms with Gasteiger partial charge in [0.05, 0.1) is 18.2 Å². The summed E-state index contributed by atoms with van der Waals surface area (Å²) in [6, 6.07) is 3.35. The molecule has 4 nitrogen and oxygen atoms in total. The van der Waals surface area contributed by atoms with Gasteiger partial charge in [-0.15, -0.1) is 0 Å². The first-order valence-corrected chi connectivity index (χ1v) is 6.84. The van der Waals surface area contributed by atoms with Gasteiger partial charge in [-0.05, 0) is 36.6 Å². The molecule has 0 bridgehead atoms. The van der Waals surface area contributed by atoms with Crippen molar-refractivity contribution in [3.8, 4) is 11.5 Å². The van der Waals surface area contributed by atoms with Gasteiger partial charge in [-0.25, -0.2) is 4.79 Å². The molecule has 110 valence electrons. The smallest absolute Gasteiger partial charge is 0.328 e. The number of rotatable bonds is 7. The highest BCUT2D eigenvalue weighted by Crippen LogP contribution is 2.38. The van der Waals surface area contributed by atoms with Crippen LogP contribution in [0.1, 0.15) is 32.3 Å². The lowest BCUT2D eigenvalue weighted by molar-refractivity contribution is -0.131. The average molecular weight is 299 g/mol. The van der Waals surface area contributed by atoms with E-state index in [1.54, 1.807) is 12.1 Å². The largest absolute Gasteiger partial charge is 0.493 e. The molecule has 0 unspecified atom stereocenters. The molecule has 0 aliphatic heterocycles. The van der Waals surface area contributed by atoms with Gasteiger partial charge >= 0.3 is 5.97 Å². The molecule has 0 amide bonds. The summed E-state index contributed by atoms with van der Waals surface area (Å²) in [5.74, 6) is -0.0257. The molecule has 0 saturated carbocycles. The fourth-order valence-electron chi connectivity index (χ4n) is 1.74. The Hall–Kier alpha value is -1.68. The van der Waals surface area contributed by atoms with Crippen molar-refractivity contribution in [2.45, 2.75) is 32.8 Å². The van der Waals surface area contributed by atoms with Crippen molar-refractivity contribution in [1.29, 1.82) is 0 Å². The van der Waals surface area contributed by atoms with Crippen LogP contribution in [0.5, 0.6) is 11.5 Å².